The number of hydrogen-bond donors (Lipinski definition) is 1. The minimum absolute atomic E-state index is 0.0301. The number of Topliss-reactive ketones (excluding diaryl/α,β-unsaturated/α-hetero) is 1. The van der Waals surface area contributed by atoms with Gasteiger partial charge in [0.05, 0.1) is 35.5 Å². The molecule has 0 saturated carbocycles. The van der Waals surface area contributed by atoms with Gasteiger partial charge in [0.2, 0.25) is 0 Å². The predicted molar refractivity (Wildman–Crippen MR) is 137 cm³/mol. The number of ether oxygens (including phenoxy) is 2. The van der Waals surface area contributed by atoms with Crippen LogP contribution < -0.4 is 14.4 Å². The van der Waals surface area contributed by atoms with Gasteiger partial charge in [0.15, 0.2) is 5.13 Å². The van der Waals surface area contributed by atoms with Gasteiger partial charge in [-0.2, -0.15) is 0 Å². The van der Waals surface area contributed by atoms with Gasteiger partial charge >= 0.3 is 5.91 Å². The Morgan fingerprint density at radius 1 is 1.11 bits per heavy atom. The molecule has 5 rings (SSSR count). The summed E-state index contributed by atoms with van der Waals surface area (Å²) in [6.07, 6.45) is 4.01. The first-order valence-electron chi connectivity index (χ1n) is 11.4. The summed E-state index contributed by atoms with van der Waals surface area (Å²) < 4.78 is 11.8. The van der Waals surface area contributed by atoms with Crippen LogP contribution in [0.15, 0.2) is 72.6 Å². The van der Waals surface area contributed by atoms with Crippen molar-refractivity contribution in [3.63, 3.8) is 0 Å². The van der Waals surface area contributed by atoms with E-state index in [2.05, 4.69) is 9.97 Å². The summed E-state index contributed by atoms with van der Waals surface area (Å²) in [7, 11) is 1.58. The summed E-state index contributed by atoms with van der Waals surface area (Å²) in [4.78, 5) is 36.9. The maximum absolute atomic E-state index is 13.4. The molecule has 1 saturated heterocycles. The molecule has 1 atom stereocenters. The third kappa shape index (κ3) is 4.18. The molecule has 0 bridgehead atoms. The van der Waals surface area contributed by atoms with Crippen LogP contribution in [0.4, 0.5) is 5.13 Å². The second-order valence-corrected chi connectivity index (χ2v) is 9.17. The summed E-state index contributed by atoms with van der Waals surface area (Å²) >= 11 is 1.27. The van der Waals surface area contributed by atoms with E-state index in [9.17, 15) is 14.7 Å². The molecule has 0 aliphatic carbocycles. The number of fused-ring (bicyclic) bond motifs is 1. The lowest BCUT2D eigenvalue weighted by Gasteiger charge is -2.22. The van der Waals surface area contributed by atoms with Crippen LogP contribution in [0.2, 0.25) is 0 Å². The van der Waals surface area contributed by atoms with Crippen molar-refractivity contribution in [1.82, 2.24) is 9.97 Å². The van der Waals surface area contributed by atoms with E-state index in [1.807, 2.05) is 13.0 Å². The lowest BCUT2D eigenvalue weighted by molar-refractivity contribution is -0.132. The molecular formula is C27H23N3O5S. The molecule has 2 aromatic carbocycles. The van der Waals surface area contributed by atoms with Gasteiger partial charge in [-0.15, -0.1) is 0 Å². The molecule has 4 aromatic rings. The largest absolute Gasteiger partial charge is 0.507 e. The molecule has 182 valence electrons. The Morgan fingerprint density at radius 2 is 1.97 bits per heavy atom. The molecule has 1 aliphatic heterocycles. The fourth-order valence-corrected chi connectivity index (χ4v) is 5.14. The van der Waals surface area contributed by atoms with Crippen molar-refractivity contribution in [2.45, 2.75) is 19.4 Å². The summed E-state index contributed by atoms with van der Waals surface area (Å²) in [5.74, 6) is -0.621. The Bertz CT molecular complexity index is 1480. The van der Waals surface area contributed by atoms with E-state index >= 15 is 0 Å². The number of benzene rings is 2. The smallest absolute Gasteiger partial charge is 0.301 e. The van der Waals surface area contributed by atoms with Crippen LogP contribution >= 0.6 is 11.3 Å². The van der Waals surface area contributed by atoms with Crippen molar-refractivity contribution in [3.05, 3.63) is 83.7 Å². The zero-order chi connectivity index (χ0) is 25.2. The van der Waals surface area contributed by atoms with Crippen molar-refractivity contribution in [2.75, 3.05) is 18.6 Å². The minimum Gasteiger partial charge on any atom is -0.507 e. The summed E-state index contributed by atoms with van der Waals surface area (Å²) in [5, 5.41) is 11.7. The van der Waals surface area contributed by atoms with E-state index < -0.39 is 17.7 Å². The maximum atomic E-state index is 13.4. The zero-order valence-electron chi connectivity index (χ0n) is 19.7. The third-order valence-electron chi connectivity index (χ3n) is 5.82. The molecule has 1 N–H and O–H groups in total. The molecule has 0 radical (unpaired) electrons. The number of pyridine rings is 1. The van der Waals surface area contributed by atoms with Gasteiger partial charge in [-0.1, -0.05) is 36.5 Å². The van der Waals surface area contributed by atoms with E-state index in [4.69, 9.17) is 9.47 Å². The second kappa shape index (κ2) is 9.79. The Kier molecular flexibility index (Phi) is 6.39. The van der Waals surface area contributed by atoms with Crippen molar-refractivity contribution < 1.29 is 24.2 Å². The summed E-state index contributed by atoms with van der Waals surface area (Å²) in [6.45, 7) is 2.52. The van der Waals surface area contributed by atoms with E-state index in [0.717, 1.165) is 11.1 Å². The first kappa shape index (κ1) is 23.5. The Labute approximate surface area is 211 Å². The number of amides is 1. The van der Waals surface area contributed by atoms with Gasteiger partial charge in [0.1, 0.15) is 17.3 Å². The fraction of sp³-hybridized carbons (Fsp3) is 0.185. The Balaban J connectivity index is 1.66. The van der Waals surface area contributed by atoms with Crippen LogP contribution in [0.25, 0.3) is 16.0 Å². The number of ketones is 1. The second-order valence-electron chi connectivity index (χ2n) is 8.16. The lowest BCUT2D eigenvalue weighted by Crippen LogP contribution is -2.29. The van der Waals surface area contributed by atoms with Gasteiger partial charge in [0.25, 0.3) is 5.78 Å². The van der Waals surface area contributed by atoms with Gasteiger partial charge < -0.3 is 14.6 Å². The number of carbonyl (C=O) groups is 2. The normalized spacial score (nSPS) is 17.1. The van der Waals surface area contributed by atoms with E-state index in [0.29, 0.717) is 39.9 Å². The topological polar surface area (TPSA) is 102 Å². The van der Waals surface area contributed by atoms with Crippen LogP contribution in [0.1, 0.15) is 30.5 Å². The molecule has 1 unspecified atom stereocenters. The Morgan fingerprint density at radius 3 is 2.72 bits per heavy atom. The van der Waals surface area contributed by atoms with E-state index in [1.165, 1.54) is 16.2 Å². The molecule has 9 heteroatoms. The number of thiazole rings is 1. The number of nitrogens with zero attached hydrogens (tertiary/aromatic N) is 3. The van der Waals surface area contributed by atoms with Crippen LogP contribution in [0.3, 0.4) is 0 Å². The molecule has 36 heavy (non-hydrogen) atoms. The highest BCUT2D eigenvalue weighted by Crippen LogP contribution is 2.44. The average molecular weight is 502 g/mol. The maximum Gasteiger partial charge on any atom is 0.301 e. The quantitative estimate of drug-likeness (QED) is 0.213. The van der Waals surface area contributed by atoms with Crippen LogP contribution in [-0.4, -0.2) is 40.5 Å². The first-order chi connectivity index (χ1) is 17.5. The molecule has 1 fully saturated rings. The zero-order valence-corrected chi connectivity index (χ0v) is 20.5. The standard InChI is InChI=1S/C27H23N3O5S/c1-3-12-35-19-8-4-6-16(13-19)24(31)22-23(17-7-5-11-28-15-17)30(26(33)25(22)32)27-29-20-10-9-18(34-2)14-21(20)36-27/h4-11,13-15,23,31H,3,12H2,1-2H3. The van der Waals surface area contributed by atoms with Crippen molar-refractivity contribution in [2.24, 2.45) is 0 Å². The SMILES string of the molecule is CCCOc1cccc(C(O)=C2C(=O)C(=O)N(c3nc4ccc(OC)cc4s3)C2c2cccnc2)c1. The average Bonchev–Trinajstić information content (AvgIpc) is 3.45. The number of methoxy groups -OCH3 is 1. The van der Waals surface area contributed by atoms with Crippen molar-refractivity contribution in [1.29, 1.82) is 0 Å². The molecule has 3 heterocycles. The molecule has 0 spiro atoms. The van der Waals surface area contributed by atoms with Crippen LogP contribution in [0.5, 0.6) is 11.5 Å². The predicted octanol–water partition coefficient (Wildman–Crippen LogP) is 5.12. The summed E-state index contributed by atoms with van der Waals surface area (Å²) in [5.41, 5.74) is 1.60. The van der Waals surface area contributed by atoms with Crippen LogP contribution in [0, 0.1) is 0 Å². The third-order valence-corrected chi connectivity index (χ3v) is 6.83. The number of aromatic nitrogens is 2. The number of hydrogen-bond acceptors (Lipinski definition) is 8. The number of aliphatic hydroxyl groups is 1. The van der Waals surface area contributed by atoms with E-state index in [1.54, 1.807) is 68.0 Å². The monoisotopic (exact) mass is 501 g/mol. The molecular weight excluding hydrogens is 478 g/mol. The Hall–Kier alpha value is -4.24. The lowest BCUT2D eigenvalue weighted by atomic mass is 9.96. The van der Waals surface area contributed by atoms with Crippen molar-refractivity contribution in [3.8, 4) is 11.5 Å². The highest BCUT2D eigenvalue weighted by molar-refractivity contribution is 7.22. The molecule has 1 amide bonds. The number of rotatable bonds is 7. The van der Waals surface area contributed by atoms with Gasteiger partial charge in [-0.05, 0) is 48.4 Å². The number of anilines is 1. The first-order valence-corrected chi connectivity index (χ1v) is 12.2. The number of aliphatic hydroxyl groups excluding tert-OH is 1. The van der Waals surface area contributed by atoms with Gasteiger partial charge in [0, 0.05) is 18.0 Å². The molecule has 8 nitrogen and oxygen atoms in total. The number of carbonyl (C=O) groups excluding carboxylic acids is 2. The highest BCUT2D eigenvalue weighted by Gasteiger charge is 2.48. The molecule has 1 aliphatic rings. The fourth-order valence-electron chi connectivity index (χ4n) is 4.11. The molecule has 2 aromatic heterocycles. The summed E-state index contributed by atoms with van der Waals surface area (Å²) in [6, 6.07) is 14.8. The minimum atomic E-state index is -0.902. The highest BCUT2D eigenvalue weighted by atomic mass is 32.1. The van der Waals surface area contributed by atoms with Crippen LogP contribution in [-0.2, 0) is 9.59 Å². The van der Waals surface area contributed by atoms with Gasteiger partial charge in [-0.25, -0.2) is 4.98 Å². The van der Waals surface area contributed by atoms with Gasteiger partial charge in [-0.3, -0.25) is 19.5 Å². The van der Waals surface area contributed by atoms with Crippen molar-refractivity contribution >= 4 is 44.1 Å². The van der Waals surface area contributed by atoms with E-state index in [-0.39, 0.29) is 11.3 Å².